The molecule has 5 rings (SSSR count). The number of amides is 1. The van der Waals surface area contributed by atoms with Crippen LogP contribution in [-0.4, -0.2) is 51.9 Å². The third kappa shape index (κ3) is 6.55. The highest BCUT2D eigenvalue weighted by Gasteiger charge is 2.23. The maximum atomic E-state index is 15.0. The van der Waals surface area contributed by atoms with Gasteiger partial charge in [-0.25, -0.2) is 14.4 Å². The highest BCUT2D eigenvalue weighted by atomic mass is 35.5. The Kier molecular flexibility index (Phi) is 8.52. The molecule has 0 unspecified atom stereocenters. The molecule has 10 heteroatoms. The maximum Gasteiger partial charge on any atom is 0.257 e. The van der Waals surface area contributed by atoms with Gasteiger partial charge in [0.2, 0.25) is 5.95 Å². The second-order valence-electron chi connectivity index (χ2n) is 9.93. The number of hydrogen-bond donors (Lipinski definition) is 2. The predicted octanol–water partition coefficient (Wildman–Crippen LogP) is 6.66. The van der Waals surface area contributed by atoms with Crippen LogP contribution in [0.3, 0.4) is 0 Å². The molecule has 1 fully saturated rings. The lowest BCUT2D eigenvalue weighted by molar-refractivity contribution is 0.102. The van der Waals surface area contributed by atoms with E-state index in [2.05, 4.69) is 39.6 Å². The number of ether oxygens (including phenoxy) is 1. The smallest absolute Gasteiger partial charge is 0.257 e. The molecule has 206 valence electrons. The van der Waals surface area contributed by atoms with Crippen LogP contribution >= 0.6 is 11.6 Å². The molecule has 1 amide bonds. The van der Waals surface area contributed by atoms with Crippen molar-refractivity contribution in [1.29, 1.82) is 0 Å². The number of hydrogen-bond acceptors (Lipinski definition) is 7. The molecule has 8 nitrogen and oxygen atoms in total. The Hall–Kier alpha value is -4.08. The molecule has 0 saturated heterocycles. The number of halogens is 2. The summed E-state index contributed by atoms with van der Waals surface area (Å²) in [4.78, 5) is 28.1. The lowest BCUT2D eigenvalue weighted by atomic mass is 9.91. The Labute approximate surface area is 237 Å². The van der Waals surface area contributed by atoms with E-state index in [1.165, 1.54) is 12.1 Å². The second-order valence-corrected chi connectivity index (χ2v) is 10.3. The highest BCUT2D eigenvalue weighted by molar-refractivity contribution is 6.34. The molecule has 2 heterocycles. The Morgan fingerprint density at radius 3 is 2.58 bits per heavy atom. The van der Waals surface area contributed by atoms with Crippen molar-refractivity contribution in [3.05, 3.63) is 89.6 Å². The molecule has 4 aromatic rings. The zero-order valence-corrected chi connectivity index (χ0v) is 23.0. The standard InChI is InChI=1S/C30H30ClFN6O2/c1-38(2)21-10-7-19(8-11-21)36-30-34-16-13-26(37-30)23-18-33-15-14-27(23)40-28-12-9-20(17-25(28)32)35-29(39)22-5-3-4-6-24(22)31/h3-6,9,12-19,21H,7-8,10-11H2,1-2H3,(H,35,39)(H,34,36,37). The van der Waals surface area contributed by atoms with E-state index in [1.54, 1.807) is 61.1 Å². The quantitative estimate of drug-likeness (QED) is 0.249. The first-order valence-corrected chi connectivity index (χ1v) is 13.5. The molecule has 2 aromatic carbocycles. The molecule has 1 aliphatic carbocycles. The second kappa shape index (κ2) is 12.4. The van der Waals surface area contributed by atoms with Crippen molar-refractivity contribution in [1.82, 2.24) is 19.9 Å². The van der Waals surface area contributed by atoms with Crippen molar-refractivity contribution in [3.63, 3.8) is 0 Å². The summed E-state index contributed by atoms with van der Waals surface area (Å²) in [5, 5.41) is 6.43. The van der Waals surface area contributed by atoms with Gasteiger partial charge in [0.05, 0.1) is 21.8 Å². The third-order valence-corrected chi connectivity index (χ3v) is 7.33. The Balaban J connectivity index is 1.29. The minimum absolute atomic E-state index is 0.00625. The highest BCUT2D eigenvalue weighted by Crippen LogP contribution is 2.34. The summed E-state index contributed by atoms with van der Waals surface area (Å²) in [6, 6.07) is 15.2. The Bertz CT molecular complexity index is 1490. The summed E-state index contributed by atoms with van der Waals surface area (Å²) in [7, 11) is 4.25. The van der Waals surface area contributed by atoms with E-state index in [1.807, 2.05) is 0 Å². The van der Waals surface area contributed by atoms with Crippen LogP contribution in [0.1, 0.15) is 36.0 Å². The van der Waals surface area contributed by atoms with Gasteiger partial charge in [0.15, 0.2) is 11.6 Å². The van der Waals surface area contributed by atoms with Crippen molar-refractivity contribution in [3.8, 4) is 22.8 Å². The summed E-state index contributed by atoms with van der Waals surface area (Å²) >= 11 is 6.10. The lowest BCUT2D eigenvalue weighted by Crippen LogP contribution is -2.36. The number of aromatic nitrogens is 3. The average Bonchev–Trinajstić information content (AvgIpc) is 2.95. The van der Waals surface area contributed by atoms with E-state index in [0.29, 0.717) is 45.6 Å². The SMILES string of the molecule is CN(C)C1CCC(Nc2nccc(-c3cnccc3Oc3ccc(NC(=O)c4ccccc4Cl)cc3F)n2)CC1. The number of nitrogens with zero attached hydrogens (tertiary/aromatic N) is 4. The van der Waals surface area contributed by atoms with Gasteiger partial charge in [-0.2, -0.15) is 0 Å². The number of benzene rings is 2. The van der Waals surface area contributed by atoms with Gasteiger partial charge in [-0.15, -0.1) is 0 Å². The van der Waals surface area contributed by atoms with Gasteiger partial charge in [0, 0.05) is 42.4 Å². The molecule has 0 bridgehead atoms. The van der Waals surface area contributed by atoms with E-state index >= 15 is 4.39 Å². The van der Waals surface area contributed by atoms with Crippen molar-refractivity contribution >= 4 is 29.1 Å². The predicted molar refractivity (Wildman–Crippen MR) is 154 cm³/mol. The van der Waals surface area contributed by atoms with E-state index in [0.717, 1.165) is 25.7 Å². The molecule has 40 heavy (non-hydrogen) atoms. The van der Waals surface area contributed by atoms with E-state index in [-0.39, 0.29) is 11.4 Å². The van der Waals surface area contributed by atoms with E-state index < -0.39 is 11.7 Å². The minimum atomic E-state index is -0.641. The normalized spacial score (nSPS) is 16.9. The Morgan fingerprint density at radius 2 is 1.82 bits per heavy atom. The van der Waals surface area contributed by atoms with E-state index in [9.17, 15) is 4.79 Å². The molecule has 2 N–H and O–H groups in total. The van der Waals surface area contributed by atoms with Crippen LogP contribution in [0.15, 0.2) is 73.2 Å². The first-order chi connectivity index (χ1) is 19.4. The minimum Gasteiger partial charge on any atom is -0.453 e. The molecule has 2 aromatic heterocycles. The van der Waals surface area contributed by atoms with Crippen molar-refractivity contribution in [2.75, 3.05) is 24.7 Å². The molecule has 0 radical (unpaired) electrons. The molecular weight excluding hydrogens is 531 g/mol. The number of anilines is 2. The fourth-order valence-corrected chi connectivity index (χ4v) is 5.01. The number of carbonyl (C=O) groups is 1. The molecule has 0 spiro atoms. The summed E-state index contributed by atoms with van der Waals surface area (Å²) in [5.41, 5.74) is 1.77. The van der Waals surface area contributed by atoms with Gasteiger partial charge in [-0.3, -0.25) is 9.78 Å². The zero-order valence-electron chi connectivity index (χ0n) is 22.3. The number of pyridine rings is 1. The summed E-state index contributed by atoms with van der Waals surface area (Å²) in [6.45, 7) is 0. The monoisotopic (exact) mass is 560 g/mol. The van der Waals surface area contributed by atoms with Gasteiger partial charge in [-0.05, 0) is 76.2 Å². The topological polar surface area (TPSA) is 92.3 Å². The molecule has 0 atom stereocenters. The van der Waals surface area contributed by atoms with Gasteiger partial charge in [0.1, 0.15) is 5.75 Å². The van der Waals surface area contributed by atoms with Crippen LogP contribution in [0.25, 0.3) is 11.3 Å². The van der Waals surface area contributed by atoms with Crippen molar-refractivity contribution in [2.45, 2.75) is 37.8 Å². The number of carbonyl (C=O) groups excluding carboxylic acids is 1. The Morgan fingerprint density at radius 1 is 1.02 bits per heavy atom. The maximum absolute atomic E-state index is 15.0. The van der Waals surface area contributed by atoms with E-state index in [4.69, 9.17) is 21.3 Å². The lowest BCUT2D eigenvalue weighted by Gasteiger charge is -2.32. The molecule has 0 aliphatic heterocycles. The van der Waals surface area contributed by atoms with Crippen LogP contribution in [0.2, 0.25) is 5.02 Å². The average molecular weight is 561 g/mol. The van der Waals surface area contributed by atoms with Crippen LogP contribution in [-0.2, 0) is 0 Å². The summed E-state index contributed by atoms with van der Waals surface area (Å²) in [6.07, 6.45) is 9.22. The first kappa shape index (κ1) is 27.5. The third-order valence-electron chi connectivity index (χ3n) is 7.00. The van der Waals surface area contributed by atoms with Crippen LogP contribution in [0.4, 0.5) is 16.0 Å². The number of rotatable bonds is 8. The summed E-state index contributed by atoms with van der Waals surface area (Å²) < 4.78 is 21.0. The first-order valence-electron chi connectivity index (χ1n) is 13.1. The van der Waals surface area contributed by atoms with Gasteiger partial charge in [-0.1, -0.05) is 23.7 Å². The fourth-order valence-electron chi connectivity index (χ4n) is 4.78. The van der Waals surface area contributed by atoms with Gasteiger partial charge in [0.25, 0.3) is 5.91 Å². The van der Waals surface area contributed by atoms with Crippen LogP contribution < -0.4 is 15.4 Å². The zero-order chi connectivity index (χ0) is 28.1. The van der Waals surface area contributed by atoms with Crippen molar-refractivity contribution < 1.29 is 13.9 Å². The van der Waals surface area contributed by atoms with Crippen LogP contribution in [0.5, 0.6) is 11.5 Å². The fraction of sp³-hybridized carbons (Fsp3) is 0.267. The molecule has 1 saturated carbocycles. The summed E-state index contributed by atoms with van der Waals surface area (Å²) in [5.74, 6) is -0.163. The van der Waals surface area contributed by atoms with Gasteiger partial charge >= 0.3 is 0 Å². The van der Waals surface area contributed by atoms with Crippen molar-refractivity contribution in [2.24, 2.45) is 0 Å². The van der Waals surface area contributed by atoms with Gasteiger partial charge < -0.3 is 20.3 Å². The molecule has 1 aliphatic rings. The van der Waals surface area contributed by atoms with Crippen LogP contribution in [0, 0.1) is 5.82 Å². The largest absolute Gasteiger partial charge is 0.453 e. The molecular formula is C30H30ClFN6O2. The number of nitrogens with one attached hydrogen (secondary N) is 2.